The highest BCUT2D eigenvalue weighted by Gasteiger charge is 2.03. The third-order valence-electron chi connectivity index (χ3n) is 3.30. The van der Waals surface area contributed by atoms with Crippen LogP contribution < -0.4 is 10.6 Å². The lowest BCUT2D eigenvalue weighted by Crippen LogP contribution is -2.07. The minimum Gasteiger partial charge on any atom is -0.366 e. The first kappa shape index (κ1) is 15.3. The molecule has 4 nitrogen and oxygen atoms in total. The van der Waals surface area contributed by atoms with Crippen molar-refractivity contribution in [2.75, 3.05) is 10.6 Å². The van der Waals surface area contributed by atoms with Crippen LogP contribution in [0.3, 0.4) is 0 Å². The lowest BCUT2D eigenvalue weighted by Gasteiger charge is -2.09. The second-order valence-corrected chi connectivity index (χ2v) is 5.47. The first-order valence-electron chi connectivity index (χ1n) is 7.40. The standard InChI is InChI=1S/C18H17ClN4/c19-16-11-17(20-12-14-7-3-1-4-8-14)23-18(22-16)21-13-15-9-5-2-6-10-15/h1-11H,12-13H2,(H2,20,21,22,23). The van der Waals surface area contributed by atoms with E-state index in [0.717, 1.165) is 5.56 Å². The van der Waals surface area contributed by atoms with Gasteiger partial charge in [0.2, 0.25) is 5.95 Å². The Morgan fingerprint density at radius 3 is 1.91 bits per heavy atom. The monoisotopic (exact) mass is 324 g/mol. The molecule has 0 atom stereocenters. The Labute approximate surface area is 140 Å². The van der Waals surface area contributed by atoms with Crippen molar-refractivity contribution in [1.29, 1.82) is 0 Å². The largest absolute Gasteiger partial charge is 0.366 e. The van der Waals surface area contributed by atoms with Crippen LogP contribution in [0, 0.1) is 0 Å². The lowest BCUT2D eigenvalue weighted by molar-refractivity contribution is 1.03. The number of rotatable bonds is 6. The Morgan fingerprint density at radius 1 is 0.739 bits per heavy atom. The summed E-state index contributed by atoms with van der Waals surface area (Å²) in [6.45, 7) is 1.34. The Balaban J connectivity index is 1.64. The van der Waals surface area contributed by atoms with Crippen LogP contribution in [0.15, 0.2) is 66.7 Å². The summed E-state index contributed by atoms with van der Waals surface area (Å²) < 4.78 is 0. The zero-order valence-electron chi connectivity index (χ0n) is 12.5. The van der Waals surface area contributed by atoms with Gasteiger partial charge in [0.05, 0.1) is 0 Å². The molecule has 116 valence electrons. The van der Waals surface area contributed by atoms with E-state index in [1.807, 2.05) is 48.5 Å². The van der Waals surface area contributed by atoms with Gasteiger partial charge in [0.1, 0.15) is 11.0 Å². The fourth-order valence-electron chi connectivity index (χ4n) is 2.15. The molecule has 1 aromatic heterocycles. The highest BCUT2D eigenvalue weighted by Crippen LogP contribution is 2.16. The van der Waals surface area contributed by atoms with E-state index in [-0.39, 0.29) is 0 Å². The number of anilines is 2. The van der Waals surface area contributed by atoms with Gasteiger partial charge in [-0.25, -0.2) is 4.98 Å². The summed E-state index contributed by atoms with van der Waals surface area (Å²) in [7, 11) is 0. The molecular weight excluding hydrogens is 308 g/mol. The molecule has 1 heterocycles. The molecule has 0 spiro atoms. The van der Waals surface area contributed by atoms with Crippen LogP contribution in [0.1, 0.15) is 11.1 Å². The number of aromatic nitrogens is 2. The van der Waals surface area contributed by atoms with Gasteiger partial charge in [-0.3, -0.25) is 0 Å². The summed E-state index contributed by atoms with van der Waals surface area (Å²) in [5.41, 5.74) is 2.34. The molecule has 5 heteroatoms. The fraction of sp³-hybridized carbons (Fsp3) is 0.111. The summed E-state index contributed by atoms with van der Waals surface area (Å²) in [4.78, 5) is 8.65. The van der Waals surface area contributed by atoms with Crippen molar-refractivity contribution in [2.24, 2.45) is 0 Å². The van der Waals surface area contributed by atoms with Crippen LogP contribution in [-0.4, -0.2) is 9.97 Å². The van der Waals surface area contributed by atoms with Crippen molar-refractivity contribution in [1.82, 2.24) is 9.97 Å². The van der Waals surface area contributed by atoms with E-state index in [1.54, 1.807) is 6.07 Å². The van der Waals surface area contributed by atoms with Gasteiger partial charge in [0.25, 0.3) is 0 Å². The maximum atomic E-state index is 6.08. The first-order chi connectivity index (χ1) is 11.3. The number of halogens is 1. The molecule has 23 heavy (non-hydrogen) atoms. The fourth-order valence-corrected chi connectivity index (χ4v) is 2.34. The third-order valence-corrected chi connectivity index (χ3v) is 3.50. The Morgan fingerprint density at radius 2 is 1.30 bits per heavy atom. The zero-order chi connectivity index (χ0) is 15.9. The van der Waals surface area contributed by atoms with E-state index in [2.05, 4.69) is 32.7 Å². The van der Waals surface area contributed by atoms with Crippen molar-refractivity contribution in [2.45, 2.75) is 13.1 Å². The van der Waals surface area contributed by atoms with E-state index >= 15 is 0 Å². The van der Waals surface area contributed by atoms with Gasteiger partial charge in [-0.2, -0.15) is 4.98 Å². The highest BCUT2D eigenvalue weighted by atomic mass is 35.5. The average molecular weight is 325 g/mol. The molecule has 0 aliphatic heterocycles. The van der Waals surface area contributed by atoms with Crippen LogP contribution in [0.2, 0.25) is 5.15 Å². The number of hydrogen-bond acceptors (Lipinski definition) is 4. The van der Waals surface area contributed by atoms with Crippen LogP contribution in [-0.2, 0) is 13.1 Å². The molecule has 0 radical (unpaired) electrons. The third kappa shape index (κ3) is 4.69. The van der Waals surface area contributed by atoms with Crippen molar-refractivity contribution in [3.05, 3.63) is 83.0 Å². The van der Waals surface area contributed by atoms with Gasteiger partial charge in [-0.05, 0) is 11.1 Å². The normalized spacial score (nSPS) is 10.3. The maximum Gasteiger partial charge on any atom is 0.226 e. The molecule has 0 bridgehead atoms. The SMILES string of the molecule is Clc1cc(NCc2ccccc2)nc(NCc2ccccc2)n1. The van der Waals surface area contributed by atoms with Gasteiger partial charge in [0, 0.05) is 19.2 Å². The smallest absolute Gasteiger partial charge is 0.226 e. The second-order valence-electron chi connectivity index (χ2n) is 5.08. The van der Waals surface area contributed by atoms with Crippen LogP contribution in [0.25, 0.3) is 0 Å². The van der Waals surface area contributed by atoms with E-state index < -0.39 is 0 Å². The van der Waals surface area contributed by atoms with Crippen molar-refractivity contribution in [3.63, 3.8) is 0 Å². The van der Waals surface area contributed by atoms with E-state index in [9.17, 15) is 0 Å². The van der Waals surface area contributed by atoms with Crippen LogP contribution in [0.5, 0.6) is 0 Å². The summed E-state index contributed by atoms with van der Waals surface area (Å²) in [6, 6.07) is 22.0. The van der Waals surface area contributed by atoms with E-state index in [1.165, 1.54) is 5.56 Å². The molecule has 0 unspecified atom stereocenters. The molecule has 2 N–H and O–H groups in total. The van der Waals surface area contributed by atoms with Crippen molar-refractivity contribution < 1.29 is 0 Å². The second kappa shape index (κ2) is 7.61. The summed E-state index contributed by atoms with van der Waals surface area (Å²) >= 11 is 6.08. The predicted molar refractivity (Wildman–Crippen MR) is 94.6 cm³/mol. The minimum absolute atomic E-state index is 0.408. The number of benzene rings is 2. The topological polar surface area (TPSA) is 49.8 Å². The molecule has 0 amide bonds. The summed E-state index contributed by atoms with van der Waals surface area (Å²) in [5.74, 6) is 1.21. The zero-order valence-corrected chi connectivity index (χ0v) is 13.3. The molecule has 3 aromatic rings. The van der Waals surface area contributed by atoms with Crippen molar-refractivity contribution >= 4 is 23.4 Å². The number of nitrogens with zero attached hydrogens (tertiary/aromatic N) is 2. The lowest BCUT2D eigenvalue weighted by atomic mass is 10.2. The van der Waals surface area contributed by atoms with Gasteiger partial charge in [0.15, 0.2) is 0 Å². The number of nitrogens with one attached hydrogen (secondary N) is 2. The number of hydrogen-bond donors (Lipinski definition) is 2. The molecule has 0 aliphatic rings. The quantitative estimate of drug-likeness (QED) is 0.662. The first-order valence-corrected chi connectivity index (χ1v) is 7.77. The molecule has 3 rings (SSSR count). The molecule has 2 aromatic carbocycles. The Bertz CT molecular complexity index is 686. The van der Waals surface area contributed by atoms with Crippen molar-refractivity contribution in [3.8, 4) is 0 Å². The van der Waals surface area contributed by atoms with Gasteiger partial charge < -0.3 is 10.6 Å². The minimum atomic E-state index is 0.408. The average Bonchev–Trinajstić information content (AvgIpc) is 2.60. The van der Waals surface area contributed by atoms with Gasteiger partial charge in [-0.1, -0.05) is 72.3 Å². The van der Waals surface area contributed by atoms with Crippen LogP contribution >= 0.6 is 11.6 Å². The predicted octanol–water partition coefficient (Wildman–Crippen LogP) is 4.35. The highest BCUT2D eigenvalue weighted by molar-refractivity contribution is 6.29. The molecule has 0 saturated carbocycles. The molecule has 0 aliphatic carbocycles. The molecular formula is C18H17ClN4. The molecule has 0 fully saturated rings. The van der Waals surface area contributed by atoms with Gasteiger partial charge >= 0.3 is 0 Å². The Hall–Kier alpha value is -2.59. The van der Waals surface area contributed by atoms with Crippen LogP contribution in [0.4, 0.5) is 11.8 Å². The van der Waals surface area contributed by atoms with E-state index in [0.29, 0.717) is 30.0 Å². The summed E-state index contributed by atoms with van der Waals surface area (Å²) in [5, 5.41) is 6.87. The molecule has 0 saturated heterocycles. The van der Waals surface area contributed by atoms with E-state index in [4.69, 9.17) is 11.6 Å². The Kier molecular flexibility index (Phi) is 5.06. The summed E-state index contributed by atoms with van der Waals surface area (Å²) in [6.07, 6.45) is 0. The van der Waals surface area contributed by atoms with Gasteiger partial charge in [-0.15, -0.1) is 0 Å². The maximum absolute atomic E-state index is 6.08.